The Morgan fingerprint density at radius 3 is 0.810 bits per heavy atom. The predicted octanol–water partition coefficient (Wildman–Crippen LogP) is 23.4. The standard InChI is InChI=1S/C73H128O6/c1-4-7-10-13-16-19-22-25-27-29-31-32-33-34-35-36-37-38-39-40-41-42-43-45-46-48-51-54-57-60-63-66-72(75)78-69-70(68-77-71(74)65-62-59-56-53-50-24-21-18-15-12-9-6-3)79-73(76)67-64-61-58-55-52-49-47-44-30-28-26-23-20-17-14-11-8-5-2/h7,10,16,18-21,23,25,27-28,30-32,70H,4-6,8-9,11-15,17,22,24,26,29,33-69H2,1-3H3/b10-7-,19-16-,21-18-,23-20-,27-25-,30-28-,32-31-. The van der Waals surface area contributed by atoms with Crippen molar-refractivity contribution in [3.8, 4) is 0 Å². The van der Waals surface area contributed by atoms with Crippen molar-refractivity contribution in [2.24, 2.45) is 0 Å². The number of hydrogen-bond donors (Lipinski definition) is 0. The summed E-state index contributed by atoms with van der Waals surface area (Å²) in [5.74, 6) is -0.880. The lowest BCUT2D eigenvalue weighted by molar-refractivity contribution is -0.167. The third-order valence-corrected chi connectivity index (χ3v) is 14.9. The summed E-state index contributed by atoms with van der Waals surface area (Å²) in [6.45, 7) is 6.51. The Labute approximate surface area is 490 Å². The van der Waals surface area contributed by atoms with Gasteiger partial charge in [-0.05, 0) is 116 Å². The largest absolute Gasteiger partial charge is 0.462 e. The van der Waals surface area contributed by atoms with Crippen LogP contribution in [0.25, 0.3) is 0 Å². The van der Waals surface area contributed by atoms with E-state index in [0.717, 1.165) is 103 Å². The smallest absolute Gasteiger partial charge is 0.306 e. The fraction of sp³-hybridized carbons (Fsp3) is 0.767. The molecular weight excluding hydrogens is 973 g/mol. The van der Waals surface area contributed by atoms with Crippen molar-refractivity contribution in [3.63, 3.8) is 0 Å². The van der Waals surface area contributed by atoms with E-state index >= 15 is 0 Å². The summed E-state index contributed by atoms with van der Waals surface area (Å²) in [6, 6.07) is 0. The van der Waals surface area contributed by atoms with Gasteiger partial charge in [-0.3, -0.25) is 14.4 Å². The summed E-state index contributed by atoms with van der Waals surface area (Å²) in [5.41, 5.74) is 0. The number of carbonyl (C=O) groups is 3. The van der Waals surface area contributed by atoms with Gasteiger partial charge in [-0.15, -0.1) is 0 Å². The average Bonchev–Trinajstić information content (AvgIpc) is 3.45. The molecule has 0 saturated carbocycles. The third-order valence-electron chi connectivity index (χ3n) is 14.9. The zero-order valence-electron chi connectivity index (χ0n) is 52.4. The van der Waals surface area contributed by atoms with Crippen molar-refractivity contribution in [2.45, 2.75) is 348 Å². The molecule has 1 atom stereocenters. The molecule has 0 fully saturated rings. The molecule has 456 valence electrons. The van der Waals surface area contributed by atoms with Crippen LogP contribution < -0.4 is 0 Å². The molecule has 0 aromatic rings. The van der Waals surface area contributed by atoms with Crippen molar-refractivity contribution < 1.29 is 28.6 Å². The Balaban J connectivity index is 4.18. The predicted molar refractivity (Wildman–Crippen MR) is 344 cm³/mol. The van der Waals surface area contributed by atoms with Gasteiger partial charge in [-0.25, -0.2) is 0 Å². The van der Waals surface area contributed by atoms with Crippen LogP contribution in [0.2, 0.25) is 0 Å². The summed E-state index contributed by atoms with van der Waals surface area (Å²) >= 11 is 0. The maximum absolute atomic E-state index is 12.9. The van der Waals surface area contributed by atoms with Crippen LogP contribution in [0.3, 0.4) is 0 Å². The number of esters is 3. The zero-order valence-corrected chi connectivity index (χ0v) is 52.4. The lowest BCUT2D eigenvalue weighted by Crippen LogP contribution is -2.30. The Morgan fingerprint density at radius 2 is 0.494 bits per heavy atom. The Kier molecular flexibility index (Phi) is 64.2. The molecule has 0 aliphatic carbocycles. The molecule has 0 saturated heterocycles. The number of ether oxygens (including phenoxy) is 3. The number of rotatable bonds is 62. The van der Waals surface area contributed by atoms with Crippen molar-refractivity contribution in [1.82, 2.24) is 0 Å². The highest BCUT2D eigenvalue weighted by molar-refractivity contribution is 5.71. The van der Waals surface area contributed by atoms with E-state index in [4.69, 9.17) is 14.2 Å². The van der Waals surface area contributed by atoms with Crippen molar-refractivity contribution in [2.75, 3.05) is 13.2 Å². The van der Waals surface area contributed by atoms with Gasteiger partial charge in [-0.2, -0.15) is 0 Å². The number of hydrogen-bond acceptors (Lipinski definition) is 6. The summed E-state index contributed by atoms with van der Waals surface area (Å²) in [7, 11) is 0. The fourth-order valence-corrected chi connectivity index (χ4v) is 9.76. The van der Waals surface area contributed by atoms with E-state index in [1.54, 1.807) is 0 Å². The highest BCUT2D eigenvalue weighted by Gasteiger charge is 2.19. The first-order chi connectivity index (χ1) is 39.0. The van der Waals surface area contributed by atoms with Crippen LogP contribution in [-0.2, 0) is 28.6 Å². The minimum atomic E-state index is -0.783. The van der Waals surface area contributed by atoms with Gasteiger partial charge in [0.2, 0.25) is 0 Å². The summed E-state index contributed by atoms with van der Waals surface area (Å²) in [6.07, 6.45) is 89.0. The topological polar surface area (TPSA) is 78.9 Å². The van der Waals surface area contributed by atoms with E-state index in [1.165, 1.54) is 199 Å². The van der Waals surface area contributed by atoms with Gasteiger partial charge in [-0.1, -0.05) is 292 Å². The Hall–Kier alpha value is -3.41. The number of allylic oxidation sites excluding steroid dienone is 14. The zero-order chi connectivity index (χ0) is 57.1. The van der Waals surface area contributed by atoms with Crippen LogP contribution in [0.5, 0.6) is 0 Å². The van der Waals surface area contributed by atoms with Crippen molar-refractivity contribution >= 4 is 17.9 Å². The molecule has 0 aromatic carbocycles. The molecule has 0 aliphatic heterocycles. The van der Waals surface area contributed by atoms with Gasteiger partial charge in [0.1, 0.15) is 13.2 Å². The molecule has 0 amide bonds. The van der Waals surface area contributed by atoms with Gasteiger partial charge in [0, 0.05) is 19.3 Å². The molecule has 0 N–H and O–H groups in total. The SMILES string of the molecule is CC/C=C\C/C=C\C/C=C\C/C=C\CCCCCCCCCCCCCCCCCCCCC(=O)OCC(COC(=O)CCCCCCC/C=C\CCCCC)OC(=O)CCCCCCCCC/C=C\C/C=C\CCCCCC. The van der Waals surface area contributed by atoms with Crippen molar-refractivity contribution in [3.05, 3.63) is 85.1 Å². The minimum Gasteiger partial charge on any atom is -0.462 e. The molecule has 0 aromatic heterocycles. The second-order valence-corrected chi connectivity index (χ2v) is 22.7. The molecule has 6 heteroatoms. The van der Waals surface area contributed by atoms with Crippen LogP contribution in [0, 0.1) is 0 Å². The maximum Gasteiger partial charge on any atom is 0.306 e. The van der Waals surface area contributed by atoms with E-state index in [2.05, 4.69) is 106 Å². The summed E-state index contributed by atoms with van der Waals surface area (Å²) < 4.78 is 16.9. The van der Waals surface area contributed by atoms with E-state index in [1.807, 2.05) is 0 Å². The van der Waals surface area contributed by atoms with Gasteiger partial charge in [0.25, 0.3) is 0 Å². The highest BCUT2D eigenvalue weighted by Crippen LogP contribution is 2.17. The molecule has 0 heterocycles. The molecule has 0 aliphatic rings. The molecule has 1 unspecified atom stereocenters. The van der Waals surface area contributed by atoms with Gasteiger partial charge < -0.3 is 14.2 Å². The second-order valence-electron chi connectivity index (χ2n) is 22.7. The minimum absolute atomic E-state index is 0.0788. The lowest BCUT2D eigenvalue weighted by Gasteiger charge is -2.18. The highest BCUT2D eigenvalue weighted by atomic mass is 16.6. The maximum atomic E-state index is 12.9. The van der Waals surface area contributed by atoms with E-state index < -0.39 is 6.10 Å². The van der Waals surface area contributed by atoms with E-state index in [-0.39, 0.29) is 31.1 Å². The van der Waals surface area contributed by atoms with Crippen molar-refractivity contribution in [1.29, 1.82) is 0 Å². The molecule has 79 heavy (non-hydrogen) atoms. The Bertz CT molecular complexity index is 1500. The van der Waals surface area contributed by atoms with E-state index in [9.17, 15) is 14.4 Å². The first kappa shape index (κ1) is 75.6. The summed E-state index contributed by atoms with van der Waals surface area (Å²) in [4.78, 5) is 38.3. The third kappa shape index (κ3) is 65.3. The molecule has 0 bridgehead atoms. The quantitative estimate of drug-likeness (QED) is 0.0261. The first-order valence-electron chi connectivity index (χ1n) is 34.1. The van der Waals surface area contributed by atoms with Crippen LogP contribution in [0.1, 0.15) is 342 Å². The molecule has 0 radical (unpaired) electrons. The van der Waals surface area contributed by atoms with E-state index in [0.29, 0.717) is 19.3 Å². The van der Waals surface area contributed by atoms with Gasteiger partial charge in [0.05, 0.1) is 0 Å². The fourth-order valence-electron chi connectivity index (χ4n) is 9.76. The van der Waals surface area contributed by atoms with Crippen LogP contribution in [0.15, 0.2) is 85.1 Å². The molecule has 0 spiro atoms. The second kappa shape index (κ2) is 67.1. The van der Waals surface area contributed by atoms with Gasteiger partial charge >= 0.3 is 17.9 Å². The normalized spacial score (nSPS) is 12.6. The lowest BCUT2D eigenvalue weighted by atomic mass is 10.0. The molecule has 6 nitrogen and oxygen atoms in total. The first-order valence-corrected chi connectivity index (χ1v) is 34.1. The monoisotopic (exact) mass is 1100 g/mol. The molecular formula is C73H128O6. The molecule has 0 rings (SSSR count). The number of unbranched alkanes of at least 4 members (excludes halogenated alkanes) is 37. The van der Waals surface area contributed by atoms with Crippen LogP contribution >= 0.6 is 0 Å². The van der Waals surface area contributed by atoms with Crippen LogP contribution in [-0.4, -0.2) is 37.2 Å². The van der Waals surface area contributed by atoms with Gasteiger partial charge in [0.15, 0.2) is 6.10 Å². The van der Waals surface area contributed by atoms with Crippen LogP contribution in [0.4, 0.5) is 0 Å². The number of carbonyl (C=O) groups excluding carboxylic acids is 3. The Morgan fingerprint density at radius 1 is 0.266 bits per heavy atom. The summed E-state index contributed by atoms with van der Waals surface area (Å²) in [5, 5.41) is 0. The average molecular weight is 1100 g/mol.